The van der Waals surface area contributed by atoms with Crippen molar-refractivity contribution in [3.63, 3.8) is 0 Å². The first-order valence-corrected chi connectivity index (χ1v) is 13.6. The molecule has 6 heteroatoms. The van der Waals surface area contributed by atoms with Crippen molar-refractivity contribution in [2.24, 2.45) is 5.92 Å². The minimum atomic E-state index is -3.87. The minimum Gasteiger partial charge on any atom is -0.294 e. The van der Waals surface area contributed by atoms with E-state index in [0.717, 1.165) is 11.1 Å². The lowest BCUT2D eigenvalue weighted by Gasteiger charge is -2.27. The highest BCUT2D eigenvalue weighted by atomic mass is 32.2. The molecule has 0 spiro atoms. The van der Waals surface area contributed by atoms with Crippen LogP contribution in [0, 0.1) is 12.8 Å². The summed E-state index contributed by atoms with van der Waals surface area (Å²) in [6.07, 6.45) is 0.0591. The Hall–Kier alpha value is -3.87. The predicted molar refractivity (Wildman–Crippen MR) is 145 cm³/mol. The molecule has 188 valence electrons. The number of carbonyl (C=O) groups excluding carboxylic acids is 2. The lowest BCUT2D eigenvalue weighted by Crippen LogP contribution is -2.37. The molecule has 2 unspecified atom stereocenters. The standard InChI is InChI=1S/C31H29NO4S/c1-23-17-19-27(20-18-23)37(35,36)32-22-29(31(34)26-15-9-4-10-16-26)28(24-11-5-2-6-12-24)21-30(33)25-13-7-3-8-14-25/h2-20,28-29,32H,21-22H2,1H3. The Labute approximate surface area is 218 Å². The fourth-order valence-corrected chi connectivity index (χ4v) is 5.43. The van der Waals surface area contributed by atoms with Crippen molar-refractivity contribution in [2.45, 2.75) is 24.2 Å². The van der Waals surface area contributed by atoms with Crippen LogP contribution in [0.1, 0.15) is 44.2 Å². The summed E-state index contributed by atoms with van der Waals surface area (Å²) in [5.41, 5.74) is 2.76. The highest BCUT2D eigenvalue weighted by Gasteiger charge is 2.33. The van der Waals surface area contributed by atoms with Gasteiger partial charge < -0.3 is 0 Å². The van der Waals surface area contributed by atoms with Crippen LogP contribution >= 0.6 is 0 Å². The van der Waals surface area contributed by atoms with Gasteiger partial charge in [-0.3, -0.25) is 9.59 Å². The third-order valence-corrected chi connectivity index (χ3v) is 7.87. The third kappa shape index (κ3) is 6.67. The van der Waals surface area contributed by atoms with E-state index in [1.165, 1.54) is 0 Å². The summed E-state index contributed by atoms with van der Waals surface area (Å²) >= 11 is 0. The van der Waals surface area contributed by atoms with E-state index < -0.39 is 21.9 Å². The molecule has 0 bridgehead atoms. The summed E-state index contributed by atoms with van der Waals surface area (Å²) in [6, 6.07) is 33.6. The largest absolute Gasteiger partial charge is 0.294 e. The number of benzene rings is 4. The monoisotopic (exact) mass is 511 g/mol. The van der Waals surface area contributed by atoms with Crippen LogP contribution in [0.25, 0.3) is 0 Å². The SMILES string of the molecule is Cc1ccc(S(=O)(=O)NCC(C(=O)c2ccccc2)C(CC(=O)c2ccccc2)c2ccccc2)cc1. The van der Waals surface area contributed by atoms with Crippen molar-refractivity contribution in [1.82, 2.24) is 4.72 Å². The highest BCUT2D eigenvalue weighted by molar-refractivity contribution is 7.89. The average molecular weight is 512 g/mol. The normalized spacial score (nSPS) is 13.0. The van der Waals surface area contributed by atoms with E-state index in [-0.39, 0.29) is 29.4 Å². The summed E-state index contributed by atoms with van der Waals surface area (Å²) in [4.78, 5) is 27.3. The van der Waals surface area contributed by atoms with Gasteiger partial charge in [0, 0.05) is 35.9 Å². The number of sulfonamides is 1. The molecule has 5 nitrogen and oxygen atoms in total. The smallest absolute Gasteiger partial charge is 0.240 e. The van der Waals surface area contributed by atoms with Gasteiger partial charge in [-0.05, 0) is 24.6 Å². The third-order valence-electron chi connectivity index (χ3n) is 6.43. The molecule has 4 rings (SSSR count). The van der Waals surface area contributed by atoms with E-state index in [2.05, 4.69) is 4.72 Å². The maximum atomic E-state index is 13.8. The minimum absolute atomic E-state index is 0.0591. The molecule has 0 aliphatic heterocycles. The molecule has 2 atom stereocenters. The van der Waals surface area contributed by atoms with E-state index in [1.807, 2.05) is 49.4 Å². The zero-order valence-electron chi connectivity index (χ0n) is 20.6. The first-order valence-electron chi connectivity index (χ1n) is 12.1. The topological polar surface area (TPSA) is 80.3 Å². The number of ketones is 2. The number of rotatable bonds is 11. The molecule has 0 aliphatic carbocycles. The molecular weight excluding hydrogens is 482 g/mol. The Morgan fingerprint density at radius 1 is 0.703 bits per heavy atom. The summed E-state index contributed by atoms with van der Waals surface area (Å²) in [5, 5.41) is 0. The Kier molecular flexibility index (Phi) is 8.43. The Balaban J connectivity index is 1.71. The number of hydrogen-bond acceptors (Lipinski definition) is 4. The fraction of sp³-hybridized carbons (Fsp3) is 0.161. The van der Waals surface area contributed by atoms with Crippen molar-refractivity contribution < 1.29 is 18.0 Å². The molecule has 37 heavy (non-hydrogen) atoms. The Morgan fingerprint density at radius 3 is 1.78 bits per heavy atom. The molecule has 0 radical (unpaired) electrons. The van der Waals surface area contributed by atoms with Crippen LogP contribution in [0.15, 0.2) is 120 Å². The Bertz CT molecular complexity index is 1440. The fourth-order valence-electron chi connectivity index (χ4n) is 4.37. The van der Waals surface area contributed by atoms with Gasteiger partial charge >= 0.3 is 0 Å². The summed E-state index contributed by atoms with van der Waals surface area (Å²) in [6.45, 7) is 1.73. The zero-order valence-corrected chi connectivity index (χ0v) is 21.4. The molecule has 0 fully saturated rings. The predicted octanol–water partition coefficient (Wildman–Crippen LogP) is 5.83. The first kappa shape index (κ1) is 26.2. The average Bonchev–Trinajstić information content (AvgIpc) is 2.94. The second kappa shape index (κ2) is 11.9. The van der Waals surface area contributed by atoms with Gasteiger partial charge in [0.1, 0.15) is 0 Å². The van der Waals surface area contributed by atoms with Gasteiger partial charge in [0.2, 0.25) is 10.0 Å². The molecule has 0 aliphatic rings. The lowest BCUT2D eigenvalue weighted by atomic mass is 9.78. The zero-order chi connectivity index (χ0) is 26.3. The molecule has 0 amide bonds. The van der Waals surface area contributed by atoms with Crippen molar-refractivity contribution >= 4 is 21.6 Å². The molecule has 1 N–H and O–H groups in total. The van der Waals surface area contributed by atoms with Gasteiger partial charge in [-0.15, -0.1) is 0 Å². The molecule has 0 aromatic heterocycles. The van der Waals surface area contributed by atoms with Gasteiger partial charge in [0.15, 0.2) is 11.6 Å². The number of aryl methyl sites for hydroxylation is 1. The van der Waals surface area contributed by atoms with Crippen LogP contribution in [-0.2, 0) is 10.0 Å². The van der Waals surface area contributed by atoms with Gasteiger partial charge in [0.05, 0.1) is 4.90 Å². The van der Waals surface area contributed by atoms with Crippen LogP contribution in [0.3, 0.4) is 0 Å². The first-order chi connectivity index (χ1) is 17.8. The Morgan fingerprint density at radius 2 is 1.22 bits per heavy atom. The molecule has 0 saturated heterocycles. The van der Waals surface area contributed by atoms with Crippen LogP contribution in [0.2, 0.25) is 0 Å². The van der Waals surface area contributed by atoms with Gasteiger partial charge in [-0.25, -0.2) is 13.1 Å². The quantitative estimate of drug-likeness (QED) is 0.257. The van der Waals surface area contributed by atoms with E-state index in [9.17, 15) is 18.0 Å². The van der Waals surface area contributed by atoms with E-state index in [0.29, 0.717) is 11.1 Å². The lowest BCUT2D eigenvalue weighted by molar-refractivity contribution is 0.0879. The molecular formula is C31H29NO4S. The van der Waals surface area contributed by atoms with Crippen LogP contribution in [-0.4, -0.2) is 26.5 Å². The second-order valence-electron chi connectivity index (χ2n) is 9.01. The summed E-state index contributed by atoms with van der Waals surface area (Å²) in [5.74, 6) is -1.68. The molecule has 4 aromatic carbocycles. The highest BCUT2D eigenvalue weighted by Crippen LogP contribution is 2.32. The van der Waals surface area contributed by atoms with Crippen molar-refractivity contribution in [1.29, 1.82) is 0 Å². The van der Waals surface area contributed by atoms with E-state index in [4.69, 9.17) is 0 Å². The molecule has 4 aromatic rings. The van der Waals surface area contributed by atoms with Crippen LogP contribution in [0.4, 0.5) is 0 Å². The summed E-state index contributed by atoms with van der Waals surface area (Å²) in [7, 11) is -3.87. The van der Waals surface area contributed by atoms with Gasteiger partial charge in [0.25, 0.3) is 0 Å². The van der Waals surface area contributed by atoms with Gasteiger partial charge in [-0.2, -0.15) is 0 Å². The number of nitrogens with one attached hydrogen (secondary N) is 1. The van der Waals surface area contributed by atoms with Gasteiger partial charge in [-0.1, -0.05) is 109 Å². The summed E-state index contributed by atoms with van der Waals surface area (Å²) < 4.78 is 28.9. The molecule has 0 heterocycles. The van der Waals surface area contributed by atoms with Crippen molar-refractivity contribution in [3.8, 4) is 0 Å². The van der Waals surface area contributed by atoms with Crippen LogP contribution < -0.4 is 4.72 Å². The second-order valence-corrected chi connectivity index (χ2v) is 10.8. The van der Waals surface area contributed by atoms with Crippen LogP contribution in [0.5, 0.6) is 0 Å². The van der Waals surface area contributed by atoms with Crippen molar-refractivity contribution in [2.75, 3.05) is 6.54 Å². The number of carbonyl (C=O) groups is 2. The van der Waals surface area contributed by atoms with Crippen molar-refractivity contribution in [3.05, 3.63) is 138 Å². The number of hydrogen-bond donors (Lipinski definition) is 1. The maximum Gasteiger partial charge on any atom is 0.240 e. The molecule has 0 saturated carbocycles. The van der Waals surface area contributed by atoms with E-state index in [1.54, 1.807) is 72.8 Å². The number of Topliss-reactive ketones (excluding diaryl/α,β-unsaturated/α-hetero) is 2. The van der Waals surface area contributed by atoms with E-state index >= 15 is 0 Å². The maximum absolute atomic E-state index is 13.8.